The topological polar surface area (TPSA) is 33.2 Å². The lowest BCUT2D eigenvalue weighted by molar-refractivity contribution is -0.115. The monoisotopic (exact) mass is 215 g/mol. The van der Waals surface area contributed by atoms with Crippen molar-refractivity contribution in [2.75, 3.05) is 6.54 Å². The first-order valence-electron chi connectivity index (χ1n) is 5.51. The Bertz CT molecular complexity index is 456. The minimum atomic E-state index is 0.0799. The van der Waals surface area contributed by atoms with E-state index in [9.17, 15) is 4.79 Å². The van der Waals surface area contributed by atoms with Gasteiger partial charge in [0.25, 0.3) is 0 Å². The molecule has 1 aliphatic heterocycles. The maximum Gasteiger partial charge on any atom is 0.177 e. The molecule has 16 heavy (non-hydrogen) atoms. The van der Waals surface area contributed by atoms with Crippen LogP contribution in [0.4, 0.5) is 0 Å². The van der Waals surface area contributed by atoms with Gasteiger partial charge in [0.05, 0.1) is 18.8 Å². The van der Waals surface area contributed by atoms with Crippen molar-refractivity contribution in [2.45, 2.75) is 19.0 Å². The summed E-state index contributed by atoms with van der Waals surface area (Å²) in [6.07, 6.45) is 8.35. The number of Topliss-reactive ketones (excluding diaryl/α,β-unsaturated/α-hetero) is 1. The summed E-state index contributed by atoms with van der Waals surface area (Å²) in [6.45, 7) is 1.60. The normalized spacial score (nSPS) is 26.9. The fourth-order valence-electron chi connectivity index (χ4n) is 2.05. The van der Waals surface area contributed by atoms with Gasteiger partial charge in [-0.25, -0.2) is 0 Å². The molecule has 2 atom stereocenters. The first-order chi connectivity index (χ1) is 7.84. The SMILES string of the molecule is O=C(C1=CC=CC1)C1CN1Cc1ccco1. The van der Waals surface area contributed by atoms with Gasteiger partial charge in [0.1, 0.15) is 5.76 Å². The number of furan rings is 1. The maximum atomic E-state index is 12.0. The van der Waals surface area contributed by atoms with E-state index < -0.39 is 0 Å². The van der Waals surface area contributed by atoms with Crippen LogP contribution in [0.15, 0.2) is 46.6 Å². The first kappa shape index (κ1) is 9.60. The molecule has 82 valence electrons. The highest BCUT2D eigenvalue weighted by atomic mass is 16.3. The molecule has 3 heteroatoms. The molecule has 2 heterocycles. The van der Waals surface area contributed by atoms with E-state index in [1.165, 1.54) is 0 Å². The van der Waals surface area contributed by atoms with Crippen molar-refractivity contribution in [3.8, 4) is 0 Å². The second-order valence-corrected chi connectivity index (χ2v) is 4.21. The van der Waals surface area contributed by atoms with Crippen LogP contribution in [0.25, 0.3) is 0 Å². The summed E-state index contributed by atoms with van der Waals surface area (Å²) < 4.78 is 5.26. The third-order valence-corrected chi connectivity index (χ3v) is 3.04. The Morgan fingerprint density at radius 3 is 3.19 bits per heavy atom. The van der Waals surface area contributed by atoms with E-state index in [0.29, 0.717) is 0 Å². The minimum Gasteiger partial charge on any atom is -0.468 e. The third-order valence-electron chi connectivity index (χ3n) is 3.04. The molecule has 0 radical (unpaired) electrons. The number of rotatable bonds is 4. The van der Waals surface area contributed by atoms with Gasteiger partial charge in [0.2, 0.25) is 0 Å². The van der Waals surface area contributed by atoms with Gasteiger partial charge < -0.3 is 4.42 Å². The van der Waals surface area contributed by atoms with Crippen molar-refractivity contribution >= 4 is 5.78 Å². The van der Waals surface area contributed by atoms with Gasteiger partial charge in [-0.05, 0) is 18.6 Å². The molecule has 0 amide bonds. The second-order valence-electron chi connectivity index (χ2n) is 4.21. The average molecular weight is 215 g/mol. The summed E-state index contributed by atoms with van der Waals surface area (Å²) in [7, 11) is 0. The number of carbonyl (C=O) groups is 1. The lowest BCUT2D eigenvalue weighted by Gasteiger charge is -2.01. The van der Waals surface area contributed by atoms with Crippen LogP contribution >= 0.6 is 0 Å². The maximum absolute atomic E-state index is 12.0. The fraction of sp³-hybridized carbons (Fsp3) is 0.308. The predicted molar refractivity (Wildman–Crippen MR) is 59.8 cm³/mol. The van der Waals surface area contributed by atoms with Crippen LogP contribution < -0.4 is 0 Å². The van der Waals surface area contributed by atoms with Gasteiger partial charge in [0.15, 0.2) is 5.78 Å². The Morgan fingerprint density at radius 1 is 1.56 bits per heavy atom. The molecule has 3 rings (SSSR count). The van der Waals surface area contributed by atoms with Crippen LogP contribution in [-0.2, 0) is 11.3 Å². The Labute approximate surface area is 94.0 Å². The van der Waals surface area contributed by atoms with Gasteiger partial charge in [-0.2, -0.15) is 0 Å². The van der Waals surface area contributed by atoms with E-state index in [1.807, 2.05) is 30.4 Å². The number of carbonyl (C=O) groups excluding carboxylic acids is 1. The van der Waals surface area contributed by atoms with Crippen molar-refractivity contribution in [3.05, 3.63) is 48.0 Å². The number of allylic oxidation sites excluding steroid dienone is 3. The minimum absolute atomic E-state index is 0.0799. The molecule has 2 unspecified atom stereocenters. The zero-order chi connectivity index (χ0) is 11.0. The van der Waals surface area contributed by atoms with E-state index in [-0.39, 0.29) is 11.8 Å². The molecule has 1 aromatic heterocycles. The molecular formula is C13H13NO2. The van der Waals surface area contributed by atoms with Crippen LogP contribution in [0.3, 0.4) is 0 Å². The van der Waals surface area contributed by atoms with Crippen molar-refractivity contribution in [1.29, 1.82) is 0 Å². The molecular weight excluding hydrogens is 202 g/mol. The summed E-state index contributed by atoms with van der Waals surface area (Å²) in [4.78, 5) is 14.1. The fourth-order valence-corrected chi connectivity index (χ4v) is 2.05. The van der Waals surface area contributed by atoms with Crippen molar-refractivity contribution in [1.82, 2.24) is 4.90 Å². The molecule has 2 aliphatic rings. The Balaban J connectivity index is 1.58. The zero-order valence-electron chi connectivity index (χ0n) is 8.93. The van der Waals surface area contributed by atoms with Crippen molar-refractivity contribution in [3.63, 3.8) is 0 Å². The quantitative estimate of drug-likeness (QED) is 0.719. The Morgan fingerprint density at radius 2 is 2.50 bits per heavy atom. The van der Waals surface area contributed by atoms with Gasteiger partial charge in [-0.1, -0.05) is 18.2 Å². The highest BCUT2D eigenvalue weighted by Gasteiger charge is 2.41. The van der Waals surface area contributed by atoms with E-state index in [2.05, 4.69) is 4.90 Å². The molecule has 0 spiro atoms. The Kier molecular flexibility index (Phi) is 2.26. The highest BCUT2D eigenvalue weighted by molar-refractivity contribution is 6.02. The molecule has 0 saturated carbocycles. The Hall–Kier alpha value is -1.61. The molecule has 3 nitrogen and oxygen atoms in total. The van der Waals surface area contributed by atoms with Gasteiger partial charge in [-0.15, -0.1) is 0 Å². The van der Waals surface area contributed by atoms with Gasteiger partial charge in [0, 0.05) is 12.1 Å². The first-order valence-corrected chi connectivity index (χ1v) is 5.51. The molecule has 0 aromatic carbocycles. The lowest BCUT2D eigenvalue weighted by atomic mass is 10.1. The third kappa shape index (κ3) is 1.74. The van der Waals surface area contributed by atoms with Crippen LogP contribution in [0.2, 0.25) is 0 Å². The number of nitrogens with zero attached hydrogens (tertiary/aromatic N) is 1. The molecule has 1 aromatic rings. The summed E-state index contributed by atoms with van der Waals surface area (Å²) in [5, 5.41) is 0. The van der Waals surface area contributed by atoms with Crippen LogP contribution in [0.1, 0.15) is 12.2 Å². The summed E-state index contributed by atoms with van der Waals surface area (Å²) in [5.74, 6) is 1.20. The van der Waals surface area contributed by atoms with Gasteiger partial charge >= 0.3 is 0 Å². The van der Waals surface area contributed by atoms with E-state index in [1.54, 1.807) is 6.26 Å². The molecule has 0 bridgehead atoms. The lowest BCUT2D eigenvalue weighted by Crippen LogP contribution is -2.14. The standard InChI is InChI=1S/C13H13NO2/c15-13(10-4-1-2-5-10)12-9-14(12)8-11-6-3-7-16-11/h1-4,6-7,12H,5,8-9H2. The average Bonchev–Trinajstić information content (AvgIpc) is 2.77. The summed E-state index contributed by atoms with van der Waals surface area (Å²) in [5.41, 5.74) is 0.937. The molecule has 0 N–H and O–H groups in total. The molecule has 1 fully saturated rings. The van der Waals surface area contributed by atoms with Crippen molar-refractivity contribution in [2.24, 2.45) is 0 Å². The number of ketones is 1. The zero-order valence-corrected chi connectivity index (χ0v) is 8.93. The summed E-state index contributed by atoms with van der Waals surface area (Å²) in [6, 6.07) is 3.89. The smallest absolute Gasteiger partial charge is 0.177 e. The highest BCUT2D eigenvalue weighted by Crippen LogP contribution is 2.26. The van der Waals surface area contributed by atoms with E-state index in [0.717, 1.165) is 30.8 Å². The number of hydrogen-bond acceptors (Lipinski definition) is 3. The largest absolute Gasteiger partial charge is 0.468 e. The van der Waals surface area contributed by atoms with Crippen LogP contribution in [-0.4, -0.2) is 23.3 Å². The van der Waals surface area contributed by atoms with Crippen LogP contribution in [0.5, 0.6) is 0 Å². The molecule has 1 saturated heterocycles. The molecule has 1 aliphatic carbocycles. The van der Waals surface area contributed by atoms with Crippen LogP contribution in [0, 0.1) is 0 Å². The number of hydrogen-bond donors (Lipinski definition) is 0. The second kappa shape index (κ2) is 3.76. The van der Waals surface area contributed by atoms with E-state index >= 15 is 0 Å². The van der Waals surface area contributed by atoms with Gasteiger partial charge in [-0.3, -0.25) is 9.69 Å². The predicted octanol–water partition coefficient (Wildman–Crippen LogP) is 1.92. The van der Waals surface area contributed by atoms with Crippen molar-refractivity contribution < 1.29 is 9.21 Å². The summed E-state index contributed by atoms with van der Waals surface area (Å²) >= 11 is 0. The van der Waals surface area contributed by atoms with E-state index in [4.69, 9.17) is 4.42 Å².